The summed E-state index contributed by atoms with van der Waals surface area (Å²) in [4.78, 5) is 15.1. The highest BCUT2D eigenvalue weighted by molar-refractivity contribution is 6.41. The number of halogens is 3. The minimum Gasteiger partial charge on any atom is -0.464 e. The van der Waals surface area contributed by atoms with E-state index in [0.717, 1.165) is 0 Å². The van der Waals surface area contributed by atoms with Crippen molar-refractivity contribution in [3.63, 3.8) is 0 Å². The van der Waals surface area contributed by atoms with Gasteiger partial charge in [-0.15, -0.1) is 0 Å². The van der Waals surface area contributed by atoms with E-state index in [-0.39, 0.29) is 26.6 Å². The Morgan fingerprint density at radius 1 is 1.41 bits per heavy atom. The Morgan fingerprint density at radius 2 is 2.12 bits per heavy atom. The first-order valence-electron chi connectivity index (χ1n) is 4.57. The van der Waals surface area contributed by atoms with Crippen LogP contribution in [0.3, 0.4) is 0 Å². The Labute approximate surface area is 106 Å². The summed E-state index contributed by atoms with van der Waals surface area (Å²) in [5.41, 5.74) is -0.0637. The van der Waals surface area contributed by atoms with Gasteiger partial charge in [0.15, 0.2) is 5.69 Å². The molecule has 0 N–H and O–H groups in total. The third kappa shape index (κ3) is 2.06. The summed E-state index contributed by atoms with van der Waals surface area (Å²) in [6, 6.07) is 3.83. The third-order valence-corrected chi connectivity index (χ3v) is 2.83. The number of carbonyl (C=O) groups is 1. The number of hydrogen-bond donors (Lipinski definition) is 0. The minimum atomic E-state index is -0.687. The van der Waals surface area contributed by atoms with Crippen molar-refractivity contribution in [2.45, 2.75) is 0 Å². The van der Waals surface area contributed by atoms with Crippen LogP contribution in [0.15, 0.2) is 18.2 Å². The Kier molecular flexibility index (Phi) is 3.17. The van der Waals surface area contributed by atoms with Gasteiger partial charge in [0.1, 0.15) is 11.0 Å². The molecule has 88 valence electrons. The van der Waals surface area contributed by atoms with E-state index >= 15 is 0 Å². The van der Waals surface area contributed by atoms with Crippen molar-refractivity contribution in [3.8, 4) is 0 Å². The lowest BCUT2D eigenvalue weighted by Gasteiger charge is -2.06. The third-order valence-electron chi connectivity index (χ3n) is 2.24. The molecule has 17 heavy (non-hydrogen) atoms. The normalized spacial score (nSPS) is 10.6. The smallest absolute Gasteiger partial charge is 0.356 e. The zero-order valence-corrected chi connectivity index (χ0v) is 10.1. The predicted molar refractivity (Wildman–Crippen MR) is 63.1 cm³/mol. The molecule has 0 unspecified atom stereocenters. The maximum atomic E-state index is 13.6. The molecule has 0 saturated carbocycles. The molecular weight excluding hydrogens is 268 g/mol. The van der Waals surface area contributed by atoms with Crippen LogP contribution in [0.4, 0.5) is 4.39 Å². The van der Waals surface area contributed by atoms with E-state index in [1.165, 1.54) is 25.3 Å². The second-order valence-corrected chi connectivity index (χ2v) is 4.01. The molecule has 0 amide bonds. The second kappa shape index (κ2) is 4.47. The number of esters is 1. The first kappa shape index (κ1) is 12.1. The SMILES string of the molecule is COC(=O)c1cc2c(F)ccc(Cl)c2c(Cl)n1. The van der Waals surface area contributed by atoms with Crippen LogP contribution >= 0.6 is 23.2 Å². The Balaban J connectivity index is 2.82. The quantitative estimate of drug-likeness (QED) is 0.590. The summed E-state index contributed by atoms with van der Waals surface area (Å²) in [5, 5.41) is 0.654. The zero-order chi connectivity index (χ0) is 12.6. The van der Waals surface area contributed by atoms with Crippen LogP contribution in [-0.4, -0.2) is 18.1 Å². The van der Waals surface area contributed by atoms with E-state index in [2.05, 4.69) is 9.72 Å². The summed E-state index contributed by atoms with van der Waals surface area (Å²) < 4.78 is 18.1. The second-order valence-electron chi connectivity index (χ2n) is 3.24. The van der Waals surface area contributed by atoms with Gasteiger partial charge in [0.05, 0.1) is 12.1 Å². The van der Waals surface area contributed by atoms with Gasteiger partial charge in [0, 0.05) is 10.8 Å². The molecule has 0 radical (unpaired) electrons. The van der Waals surface area contributed by atoms with Gasteiger partial charge in [-0.1, -0.05) is 23.2 Å². The van der Waals surface area contributed by atoms with E-state index in [4.69, 9.17) is 23.2 Å². The molecule has 2 aromatic rings. The fourth-order valence-electron chi connectivity index (χ4n) is 1.46. The molecule has 0 fully saturated rings. The Morgan fingerprint density at radius 3 is 2.76 bits per heavy atom. The maximum absolute atomic E-state index is 13.6. The lowest BCUT2D eigenvalue weighted by atomic mass is 10.1. The summed E-state index contributed by atoms with van der Waals surface area (Å²) >= 11 is 11.8. The average Bonchev–Trinajstić information content (AvgIpc) is 2.32. The van der Waals surface area contributed by atoms with E-state index in [1.807, 2.05) is 0 Å². The predicted octanol–water partition coefficient (Wildman–Crippen LogP) is 3.47. The number of nitrogens with zero attached hydrogens (tertiary/aromatic N) is 1. The highest BCUT2D eigenvalue weighted by Gasteiger charge is 2.15. The van der Waals surface area contributed by atoms with Gasteiger partial charge < -0.3 is 4.74 Å². The first-order valence-corrected chi connectivity index (χ1v) is 5.32. The topological polar surface area (TPSA) is 39.2 Å². The highest BCUT2D eigenvalue weighted by atomic mass is 35.5. The lowest BCUT2D eigenvalue weighted by Crippen LogP contribution is -2.04. The van der Waals surface area contributed by atoms with Crippen LogP contribution < -0.4 is 0 Å². The molecule has 0 bridgehead atoms. The number of carbonyl (C=O) groups excluding carboxylic acids is 1. The van der Waals surface area contributed by atoms with Crippen LogP contribution in [0.2, 0.25) is 10.2 Å². The molecule has 1 aromatic heterocycles. The van der Waals surface area contributed by atoms with Crippen molar-refractivity contribution < 1.29 is 13.9 Å². The molecule has 0 atom stereocenters. The largest absolute Gasteiger partial charge is 0.464 e. The molecule has 0 aliphatic carbocycles. The van der Waals surface area contributed by atoms with Gasteiger partial charge in [-0.2, -0.15) is 0 Å². The van der Waals surface area contributed by atoms with Gasteiger partial charge in [0.25, 0.3) is 0 Å². The molecule has 0 aliphatic rings. The van der Waals surface area contributed by atoms with Gasteiger partial charge in [0.2, 0.25) is 0 Å². The van der Waals surface area contributed by atoms with E-state index in [9.17, 15) is 9.18 Å². The van der Waals surface area contributed by atoms with Crippen molar-refractivity contribution >= 4 is 39.9 Å². The van der Waals surface area contributed by atoms with Crippen molar-refractivity contribution in [2.75, 3.05) is 7.11 Å². The molecule has 1 heterocycles. The molecular formula is C11H6Cl2FNO2. The van der Waals surface area contributed by atoms with E-state index < -0.39 is 11.8 Å². The molecule has 3 nitrogen and oxygen atoms in total. The van der Waals surface area contributed by atoms with Gasteiger partial charge >= 0.3 is 5.97 Å². The summed E-state index contributed by atoms with van der Waals surface area (Å²) in [5.74, 6) is -1.22. The number of pyridine rings is 1. The van der Waals surface area contributed by atoms with E-state index in [0.29, 0.717) is 0 Å². The molecule has 2 rings (SSSR count). The van der Waals surface area contributed by atoms with Crippen molar-refractivity contribution in [1.29, 1.82) is 0 Å². The Hall–Kier alpha value is -1.39. The average molecular weight is 274 g/mol. The van der Waals surface area contributed by atoms with Crippen LogP contribution in [-0.2, 0) is 4.74 Å². The van der Waals surface area contributed by atoms with Crippen LogP contribution in [0.1, 0.15) is 10.5 Å². The number of aromatic nitrogens is 1. The van der Waals surface area contributed by atoms with Gasteiger partial charge in [-0.3, -0.25) is 0 Å². The molecule has 0 aliphatic heterocycles. The standard InChI is InChI=1S/C11H6Cl2FNO2/c1-17-11(16)8-4-5-7(14)3-2-6(12)9(5)10(13)15-8/h2-4H,1H3. The summed E-state index contributed by atoms with van der Waals surface area (Å²) in [6.45, 7) is 0. The van der Waals surface area contributed by atoms with Crippen LogP contribution in [0.25, 0.3) is 10.8 Å². The lowest BCUT2D eigenvalue weighted by molar-refractivity contribution is 0.0594. The zero-order valence-electron chi connectivity index (χ0n) is 8.63. The van der Waals surface area contributed by atoms with Gasteiger partial charge in [-0.25, -0.2) is 14.2 Å². The number of fused-ring (bicyclic) bond motifs is 1. The minimum absolute atomic E-state index is 0.0348. The molecule has 0 spiro atoms. The van der Waals surface area contributed by atoms with Crippen LogP contribution in [0.5, 0.6) is 0 Å². The van der Waals surface area contributed by atoms with Crippen molar-refractivity contribution in [2.24, 2.45) is 0 Å². The molecule has 1 aromatic carbocycles. The monoisotopic (exact) mass is 273 g/mol. The summed E-state index contributed by atoms with van der Waals surface area (Å²) in [6.07, 6.45) is 0. The van der Waals surface area contributed by atoms with E-state index in [1.54, 1.807) is 0 Å². The fraction of sp³-hybridized carbons (Fsp3) is 0.0909. The van der Waals surface area contributed by atoms with Crippen LogP contribution in [0, 0.1) is 5.82 Å². The summed E-state index contributed by atoms with van der Waals surface area (Å²) in [7, 11) is 1.20. The highest BCUT2D eigenvalue weighted by Crippen LogP contribution is 2.31. The number of ether oxygens (including phenoxy) is 1. The number of benzene rings is 1. The maximum Gasteiger partial charge on any atom is 0.356 e. The number of methoxy groups -OCH3 is 1. The number of hydrogen-bond acceptors (Lipinski definition) is 3. The fourth-order valence-corrected chi connectivity index (χ4v) is 2.06. The molecule has 0 saturated heterocycles. The number of rotatable bonds is 1. The van der Waals surface area contributed by atoms with Crippen molar-refractivity contribution in [3.05, 3.63) is 39.9 Å². The van der Waals surface area contributed by atoms with Crippen molar-refractivity contribution in [1.82, 2.24) is 4.98 Å². The van der Waals surface area contributed by atoms with Gasteiger partial charge in [-0.05, 0) is 18.2 Å². The Bertz CT molecular complexity index is 616. The first-order chi connectivity index (χ1) is 8.04. The molecule has 6 heteroatoms.